The van der Waals surface area contributed by atoms with Crippen LogP contribution in [0.15, 0.2) is 48.9 Å². The average molecular weight is 321 g/mol. The molecule has 0 amide bonds. The van der Waals surface area contributed by atoms with E-state index < -0.39 is 0 Å². The summed E-state index contributed by atoms with van der Waals surface area (Å²) < 4.78 is 7.19. The van der Waals surface area contributed by atoms with Crippen LogP contribution in [0.1, 0.15) is 5.56 Å². The first kappa shape index (κ1) is 14.8. The van der Waals surface area contributed by atoms with Crippen molar-refractivity contribution < 1.29 is 4.74 Å². The second kappa shape index (κ2) is 6.41. The summed E-state index contributed by atoms with van der Waals surface area (Å²) in [5.74, 6) is 1.68. The first-order valence-electron chi connectivity index (χ1n) is 8.07. The number of aromatic nitrogens is 4. The molecule has 6 nitrogen and oxygen atoms in total. The van der Waals surface area contributed by atoms with E-state index in [9.17, 15) is 0 Å². The summed E-state index contributed by atoms with van der Waals surface area (Å²) in [7, 11) is 0. The molecule has 6 heteroatoms. The van der Waals surface area contributed by atoms with Gasteiger partial charge < -0.3 is 9.64 Å². The van der Waals surface area contributed by atoms with E-state index in [0.717, 1.165) is 49.2 Å². The summed E-state index contributed by atoms with van der Waals surface area (Å²) in [5.41, 5.74) is 3.26. The molecule has 0 saturated carbocycles. The van der Waals surface area contributed by atoms with Gasteiger partial charge in [0.25, 0.3) is 0 Å². The van der Waals surface area contributed by atoms with Gasteiger partial charge >= 0.3 is 0 Å². The Kier molecular flexibility index (Phi) is 3.96. The number of aryl methyl sites for hydroxylation is 1. The van der Waals surface area contributed by atoms with Gasteiger partial charge in [-0.25, -0.2) is 14.6 Å². The Hall–Kier alpha value is -2.73. The summed E-state index contributed by atoms with van der Waals surface area (Å²) in [6, 6.07) is 12.3. The quantitative estimate of drug-likeness (QED) is 0.742. The SMILES string of the molecule is Cc1cccc(-c2ccn(-c3cc(N4CCOCC4)ncn3)n2)c1. The molecule has 0 radical (unpaired) electrons. The molecular formula is C18H19N5O. The molecule has 122 valence electrons. The topological polar surface area (TPSA) is 56.1 Å². The van der Waals surface area contributed by atoms with Crippen molar-refractivity contribution in [3.05, 3.63) is 54.5 Å². The molecule has 0 aliphatic carbocycles. The summed E-state index contributed by atoms with van der Waals surface area (Å²) in [6.07, 6.45) is 3.53. The van der Waals surface area contributed by atoms with Crippen molar-refractivity contribution in [2.24, 2.45) is 0 Å². The maximum Gasteiger partial charge on any atom is 0.158 e. The number of nitrogens with zero attached hydrogens (tertiary/aromatic N) is 5. The Bertz CT molecular complexity index is 839. The smallest absolute Gasteiger partial charge is 0.158 e. The molecule has 1 fully saturated rings. The Labute approximate surface area is 140 Å². The third kappa shape index (κ3) is 3.00. The molecule has 0 atom stereocenters. The molecule has 1 aliphatic heterocycles. The summed E-state index contributed by atoms with van der Waals surface area (Å²) in [6.45, 7) is 5.25. The summed E-state index contributed by atoms with van der Waals surface area (Å²) in [5, 5.41) is 4.66. The van der Waals surface area contributed by atoms with Gasteiger partial charge in [0.2, 0.25) is 0 Å². The number of anilines is 1. The van der Waals surface area contributed by atoms with Gasteiger partial charge in [0.1, 0.15) is 12.1 Å². The minimum Gasteiger partial charge on any atom is -0.378 e. The lowest BCUT2D eigenvalue weighted by atomic mass is 10.1. The fourth-order valence-electron chi connectivity index (χ4n) is 2.84. The van der Waals surface area contributed by atoms with Gasteiger partial charge in [-0.2, -0.15) is 5.10 Å². The third-order valence-corrected chi connectivity index (χ3v) is 4.11. The average Bonchev–Trinajstić information content (AvgIpc) is 3.13. The molecule has 0 N–H and O–H groups in total. The van der Waals surface area contributed by atoms with Gasteiger partial charge in [-0.3, -0.25) is 0 Å². The predicted molar refractivity (Wildman–Crippen MR) is 92.4 cm³/mol. The molecule has 2 aromatic heterocycles. The van der Waals surface area contributed by atoms with E-state index in [1.807, 2.05) is 24.4 Å². The van der Waals surface area contributed by atoms with Gasteiger partial charge in [-0.05, 0) is 19.1 Å². The molecule has 4 rings (SSSR count). The molecule has 1 saturated heterocycles. The van der Waals surface area contributed by atoms with E-state index >= 15 is 0 Å². The molecule has 0 bridgehead atoms. The molecule has 1 aromatic carbocycles. The Morgan fingerprint density at radius 1 is 1.00 bits per heavy atom. The van der Waals surface area contributed by atoms with Crippen LogP contribution in [0.3, 0.4) is 0 Å². The fourth-order valence-corrected chi connectivity index (χ4v) is 2.84. The maximum absolute atomic E-state index is 5.40. The standard InChI is InChI=1S/C18H19N5O/c1-14-3-2-4-15(11-14)16-5-6-23(21-16)18-12-17(19-13-20-18)22-7-9-24-10-8-22/h2-6,11-13H,7-10H2,1H3. The van der Waals surface area contributed by atoms with Crippen LogP contribution < -0.4 is 4.90 Å². The van der Waals surface area contributed by atoms with Crippen LogP contribution in [0.25, 0.3) is 17.1 Å². The highest BCUT2D eigenvalue weighted by atomic mass is 16.5. The van der Waals surface area contributed by atoms with Gasteiger partial charge in [0.05, 0.1) is 18.9 Å². The van der Waals surface area contributed by atoms with E-state index in [2.05, 4.69) is 45.1 Å². The van der Waals surface area contributed by atoms with Crippen LogP contribution in [-0.4, -0.2) is 46.1 Å². The Morgan fingerprint density at radius 2 is 1.83 bits per heavy atom. The van der Waals surface area contributed by atoms with Crippen LogP contribution in [0.2, 0.25) is 0 Å². The second-order valence-electron chi connectivity index (χ2n) is 5.85. The molecule has 3 heterocycles. The van der Waals surface area contributed by atoms with Crippen LogP contribution in [0, 0.1) is 6.92 Å². The summed E-state index contributed by atoms with van der Waals surface area (Å²) in [4.78, 5) is 11.0. The molecule has 0 unspecified atom stereocenters. The maximum atomic E-state index is 5.40. The van der Waals surface area contributed by atoms with Crippen LogP contribution in [0.4, 0.5) is 5.82 Å². The molecule has 3 aromatic rings. The van der Waals surface area contributed by atoms with Gasteiger partial charge in [0.15, 0.2) is 5.82 Å². The van der Waals surface area contributed by atoms with E-state index in [1.165, 1.54) is 5.56 Å². The lowest BCUT2D eigenvalue weighted by Gasteiger charge is -2.27. The van der Waals surface area contributed by atoms with Crippen LogP contribution in [-0.2, 0) is 4.74 Å². The third-order valence-electron chi connectivity index (χ3n) is 4.11. The van der Waals surface area contributed by atoms with E-state index in [-0.39, 0.29) is 0 Å². The zero-order valence-electron chi connectivity index (χ0n) is 13.6. The van der Waals surface area contributed by atoms with Crippen LogP contribution >= 0.6 is 0 Å². The number of morpholine rings is 1. The highest BCUT2D eigenvalue weighted by Crippen LogP contribution is 2.20. The normalized spacial score (nSPS) is 14.8. The van der Waals surface area contributed by atoms with Crippen molar-refractivity contribution in [2.45, 2.75) is 6.92 Å². The zero-order valence-corrected chi connectivity index (χ0v) is 13.6. The van der Waals surface area contributed by atoms with Crippen molar-refractivity contribution >= 4 is 5.82 Å². The first-order valence-corrected chi connectivity index (χ1v) is 8.07. The van der Waals surface area contributed by atoms with Gasteiger partial charge in [0, 0.05) is 30.9 Å². The Morgan fingerprint density at radius 3 is 2.67 bits per heavy atom. The number of hydrogen-bond donors (Lipinski definition) is 0. The lowest BCUT2D eigenvalue weighted by Crippen LogP contribution is -2.36. The minimum atomic E-state index is 0.735. The van der Waals surface area contributed by atoms with Gasteiger partial charge in [-0.1, -0.05) is 23.8 Å². The molecule has 0 spiro atoms. The van der Waals surface area contributed by atoms with Gasteiger partial charge in [-0.15, -0.1) is 0 Å². The van der Waals surface area contributed by atoms with Crippen molar-refractivity contribution in [3.63, 3.8) is 0 Å². The highest BCUT2D eigenvalue weighted by Gasteiger charge is 2.14. The van der Waals surface area contributed by atoms with Crippen molar-refractivity contribution in [2.75, 3.05) is 31.2 Å². The van der Waals surface area contributed by atoms with Crippen LogP contribution in [0.5, 0.6) is 0 Å². The highest BCUT2D eigenvalue weighted by molar-refractivity contribution is 5.59. The number of ether oxygens (including phenoxy) is 1. The Balaban J connectivity index is 1.62. The van der Waals surface area contributed by atoms with Crippen molar-refractivity contribution in [1.29, 1.82) is 0 Å². The van der Waals surface area contributed by atoms with E-state index in [1.54, 1.807) is 11.0 Å². The number of hydrogen-bond acceptors (Lipinski definition) is 5. The molecule has 24 heavy (non-hydrogen) atoms. The fraction of sp³-hybridized carbons (Fsp3) is 0.278. The molecular weight excluding hydrogens is 302 g/mol. The van der Waals surface area contributed by atoms with E-state index in [4.69, 9.17) is 4.74 Å². The molecule has 1 aliphatic rings. The first-order chi connectivity index (χ1) is 11.8. The zero-order chi connectivity index (χ0) is 16.4. The predicted octanol–water partition coefficient (Wildman–Crippen LogP) is 2.47. The minimum absolute atomic E-state index is 0.735. The number of rotatable bonds is 3. The monoisotopic (exact) mass is 321 g/mol. The van der Waals surface area contributed by atoms with E-state index in [0.29, 0.717) is 0 Å². The number of benzene rings is 1. The summed E-state index contributed by atoms with van der Waals surface area (Å²) >= 11 is 0. The lowest BCUT2D eigenvalue weighted by molar-refractivity contribution is 0.122. The largest absolute Gasteiger partial charge is 0.378 e. The van der Waals surface area contributed by atoms with Crippen molar-refractivity contribution in [3.8, 4) is 17.1 Å². The second-order valence-corrected chi connectivity index (χ2v) is 5.85. The van der Waals surface area contributed by atoms with Crippen molar-refractivity contribution in [1.82, 2.24) is 19.7 Å².